The van der Waals surface area contributed by atoms with E-state index in [1.165, 1.54) is 13.2 Å². The minimum absolute atomic E-state index is 0.0483. The number of methoxy groups -OCH3 is 1. The molecule has 2 N–H and O–H groups in total. The monoisotopic (exact) mass is 563 g/mol. The zero-order chi connectivity index (χ0) is 28.0. The van der Waals surface area contributed by atoms with Gasteiger partial charge >= 0.3 is 5.97 Å². The number of carboxylic acid groups (broad SMARTS) is 1. The molecule has 1 spiro atoms. The average Bonchev–Trinajstić information content (AvgIpc) is 3.28. The first-order chi connectivity index (χ1) is 19.2. The Hall–Kier alpha value is -4.05. The molecular weight excluding hydrogens is 537 g/mol. The maximum absolute atomic E-state index is 13.8. The molecule has 206 valence electrons. The van der Waals surface area contributed by atoms with Gasteiger partial charge in [-0.15, -0.1) is 0 Å². The van der Waals surface area contributed by atoms with E-state index in [0.717, 1.165) is 31.1 Å². The van der Waals surface area contributed by atoms with Crippen molar-refractivity contribution in [3.8, 4) is 17.0 Å². The first-order valence-corrected chi connectivity index (χ1v) is 13.4. The lowest BCUT2D eigenvalue weighted by molar-refractivity contribution is -0.142. The standard InChI is InChI=1S/C29H27ClFN5O4/c1-40-25-6-17(2-3-23(25)31)24-14-32-21(13-33-24)15-36-27-18(12-34-36)5-19(30)7-22(27)28(39)35-20-10-29(11-20)8-16(9-29)4-26(37)38/h2-3,5-7,12-14,16,20H,4,8-11,15H2,1H3,(H,35,39)(H,37,38). The molecule has 2 aliphatic rings. The van der Waals surface area contributed by atoms with Gasteiger partial charge < -0.3 is 15.2 Å². The van der Waals surface area contributed by atoms with Crippen molar-refractivity contribution < 1.29 is 23.8 Å². The number of carbonyl (C=O) groups is 2. The third kappa shape index (κ3) is 4.99. The van der Waals surface area contributed by atoms with E-state index in [0.29, 0.717) is 33.1 Å². The number of benzene rings is 2. The van der Waals surface area contributed by atoms with Crippen LogP contribution in [0.3, 0.4) is 0 Å². The molecule has 9 nitrogen and oxygen atoms in total. The van der Waals surface area contributed by atoms with E-state index in [4.69, 9.17) is 21.4 Å². The van der Waals surface area contributed by atoms with Gasteiger partial charge in [-0.1, -0.05) is 11.6 Å². The maximum atomic E-state index is 13.8. The number of carbonyl (C=O) groups excluding carboxylic acids is 1. The highest BCUT2D eigenvalue weighted by molar-refractivity contribution is 6.32. The molecule has 0 unspecified atom stereocenters. The molecule has 0 radical (unpaired) electrons. The smallest absolute Gasteiger partial charge is 0.303 e. The largest absolute Gasteiger partial charge is 0.494 e. The van der Waals surface area contributed by atoms with Crippen molar-refractivity contribution in [1.82, 2.24) is 25.1 Å². The normalized spacial score (nSPS) is 21.6. The molecule has 2 aliphatic carbocycles. The number of hydrogen-bond donors (Lipinski definition) is 2. The summed E-state index contributed by atoms with van der Waals surface area (Å²) in [5.41, 5.74) is 3.13. The highest BCUT2D eigenvalue weighted by atomic mass is 35.5. The molecule has 0 atom stereocenters. The van der Waals surface area contributed by atoms with Crippen LogP contribution in [0.5, 0.6) is 5.75 Å². The number of carboxylic acids is 1. The summed E-state index contributed by atoms with van der Waals surface area (Å²) in [6, 6.07) is 7.96. The highest BCUT2D eigenvalue weighted by Crippen LogP contribution is 2.59. The second kappa shape index (κ2) is 10.2. The summed E-state index contributed by atoms with van der Waals surface area (Å²) in [5, 5.41) is 17.8. The summed E-state index contributed by atoms with van der Waals surface area (Å²) in [7, 11) is 1.41. The second-order valence-corrected chi connectivity index (χ2v) is 11.3. The van der Waals surface area contributed by atoms with E-state index in [2.05, 4.69) is 20.4 Å². The van der Waals surface area contributed by atoms with E-state index in [1.54, 1.807) is 47.5 Å². The summed E-state index contributed by atoms with van der Waals surface area (Å²) < 4.78 is 20.5. The number of aliphatic carboxylic acids is 1. The van der Waals surface area contributed by atoms with E-state index in [9.17, 15) is 14.0 Å². The molecule has 0 aliphatic heterocycles. The number of fused-ring (bicyclic) bond motifs is 1. The zero-order valence-electron chi connectivity index (χ0n) is 21.7. The molecule has 2 heterocycles. The van der Waals surface area contributed by atoms with Gasteiger partial charge in [-0.3, -0.25) is 24.2 Å². The Balaban J connectivity index is 1.17. The summed E-state index contributed by atoms with van der Waals surface area (Å²) in [6.45, 7) is 0.281. The minimum atomic E-state index is -0.749. The van der Waals surface area contributed by atoms with Crippen LogP contribution in [0, 0.1) is 17.2 Å². The van der Waals surface area contributed by atoms with Gasteiger partial charge in [-0.25, -0.2) is 4.39 Å². The van der Waals surface area contributed by atoms with Gasteiger partial charge in [0.25, 0.3) is 5.91 Å². The van der Waals surface area contributed by atoms with E-state index >= 15 is 0 Å². The number of nitrogens with one attached hydrogen (secondary N) is 1. The van der Waals surface area contributed by atoms with Crippen LogP contribution >= 0.6 is 11.6 Å². The summed E-state index contributed by atoms with van der Waals surface area (Å²) in [4.78, 5) is 33.3. The first-order valence-electron chi connectivity index (χ1n) is 13.0. The van der Waals surface area contributed by atoms with E-state index in [-0.39, 0.29) is 42.0 Å². The Bertz CT molecular complexity index is 1610. The van der Waals surface area contributed by atoms with Crippen molar-refractivity contribution in [3.63, 3.8) is 0 Å². The Morgan fingerprint density at radius 3 is 2.65 bits per heavy atom. The van der Waals surface area contributed by atoms with Crippen LogP contribution in [0.25, 0.3) is 22.2 Å². The second-order valence-electron chi connectivity index (χ2n) is 10.9. The predicted octanol–water partition coefficient (Wildman–Crippen LogP) is 5.11. The Morgan fingerprint density at radius 2 is 1.95 bits per heavy atom. The molecule has 2 aromatic carbocycles. The Labute approximate surface area is 234 Å². The van der Waals surface area contributed by atoms with Crippen molar-refractivity contribution in [2.24, 2.45) is 11.3 Å². The lowest BCUT2D eigenvalue weighted by Gasteiger charge is -2.57. The quantitative estimate of drug-likeness (QED) is 0.306. The topological polar surface area (TPSA) is 119 Å². The third-order valence-corrected chi connectivity index (χ3v) is 8.23. The summed E-state index contributed by atoms with van der Waals surface area (Å²) >= 11 is 6.34. The van der Waals surface area contributed by atoms with Crippen molar-refractivity contribution in [2.75, 3.05) is 7.11 Å². The van der Waals surface area contributed by atoms with Gasteiger partial charge in [-0.2, -0.15) is 5.10 Å². The Morgan fingerprint density at radius 1 is 1.15 bits per heavy atom. The molecule has 4 aromatic rings. The average molecular weight is 564 g/mol. The third-order valence-electron chi connectivity index (χ3n) is 8.01. The van der Waals surface area contributed by atoms with Crippen LogP contribution in [-0.2, 0) is 11.3 Å². The molecule has 1 amide bonds. The van der Waals surface area contributed by atoms with Gasteiger partial charge in [0.15, 0.2) is 11.6 Å². The van der Waals surface area contributed by atoms with E-state index < -0.39 is 11.8 Å². The van der Waals surface area contributed by atoms with Crippen LogP contribution in [-0.4, -0.2) is 49.9 Å². The minimum Gasteiger partial charge on any atom is -0.494 e. The van der Waals surface area contributed by atoms with Crippen molar-refractivity contribution in [2.45, 2.75) is 44.7 Å². The number of amides is 1. The fourth-order valence-corrected chi connectivity index (χ4v) is 6.51. The number of nitrogens with zero attached hydrogens (tertiary/aromatic N) is 4. The fourth-order valence-electron chi connectivity index (χ4n) is 6.29. The summed E-state index contributed by atoms with van der Waals surface area (Å²) in [6.07, 6.45) is 8.66. The van der Waals surface area contributed by atoms with Gasteiger partial charge in [0.1, 0.15) is 0 Å². The lowest BCUT2D eigenvalue weighted by atomic mass is 9.49. The van der Waals surface area contributed by atoms with Crippen LogP contribution < -0.4 is 10.1 Å². The fraction of sp³-hybridized carbons (Fsp3) is 0.345. The zero-order valence-corrected chi connectivity index (χ0v) is 22.5. The van der Waals surface area contributed by atoms with Gasteiger partial charge in [0.05, 0.1) is 54.7 Å². The van der Waals surface area contributed by atoms with Crippen LogP contribution in [0.15, 0.2) is 48.9 Å². The van der Waals surface area contributed by atoms with Crippen molar-refractivity contribution in [3.05, 3.63) is 71.0 Å². The van der Waals surface area contributed by atoms with Gasteiger partial charge in [0.2, 0.25) is 0 Å². The molecule has 40 heavy (non-hydrogen) atoms. The maximum Gasteiger partial charge on any atom is 0.303 e. The van der Waals surface area contributed by atoms with Gasteiger partial charge in [-0.05, 0) is 67.3 Å². The number of ether oxygens (including phenoxy) is 1. The van der Waals surface area contributed by atoms with Crippen LogP contribution in [0.4, 0.5) is 4.39 Å². The number of hydrogen-bond acceptors (Lipinski definition) is 6. The SMILES string of the molecule is COc1cc(-c2cnc(Cn3ncc4cc(Cl)cc(C(=O)NC5CC6(CC(CC(=O)O)C6)C5)c43)cn2)ccc1F. The first kappa shape index (κ1) is 26.2. The van der Waals surface area contributed by atoms with Crippen molar-refractivity contribution in [1.29, 1.82) is 0 Å². The predicted molar refractivity (Wildman–Crippen MR) is 146 cm³/mol. The molecule has 2 saturated carbocycles. The number of aromatic nitrogens is 4. The molecule has 0 saturated heterocycles. The van der Waals surface area contributed by atoms with Crippen LogP contribution in [0.1, 0.15) is 48.2 Å². The molecule has 0 bridgehead atoms. The molecule has 11 heteroatoms. The van der Waals surface area contributed by atoms with E-state index in [1.807, 2.05) is 0 Å². The Kier molecular flexibility index (Phi) is 6.66. The lowest BCUT2D eigenvalue weighted by Crippen LogP contribution is -2.56. The van der Waals surface area contributed by atoms with Crippen LogP contribution in [0.2, 0.25) is 5.02 Å². The number of rotatable bonds is 8. The molecule has 2 fully saturated rings. The summed E-state index contributed by atoms with van der Waals surface area (Å²) in [5.74, 6) is -1.05. The number of halogens is 2. The van der Waals surface area contributed by atoms with Gasteiger partial charge in [0, 0.05) is 28.4 Å². The molecule has 2 aromatic heterocycles. The molecular formula is C29H27ClFN5O4. The van der Waals surface area contributed by atoms with Crippen molar-refractivity contribution >= 4 is 34.4 Å². The highest BCUT2D eigenvalue weighted by Gasteiger charge is 2.53. The molecule has 6 rings (SSSR count).